The Kier molecular flexibility index (Phi) is 3.92. The number of pyridine rings is 1. The Bertz CT molecular complexity index is 1020. The fraction of sp³-hybridized carbons (Fsp3) is 0. The SMILES string of the molecule is Brc1cc(C=Nc2cccc3ncccc23)ccc1-n1ccnc1. The molecule has 2 aromatic heterocycles. The predicted molar refractivity (Wildman–Crippen MR) is 100 cm³/mol. The van der Waals surface area contributed by atoms with E-state index in [0.717, 1.165) is 32.3 Å². The quantitative estimate of drug-likeness (QED) is 0.475. The number of hydrogen-bond acceptors (Lipinski definition) is 3. The Hall–Kier alpha value is -2.79. The number of aromatic nitrogens is 3. The molecule has 0 aliphatic heterocycles. The summed E-state index contributed by atoms with van der Waals surface area (Å²) in [7, 11) is 0. The zero-order chi connectivity index (χ0) is 16.4. The molecule has 0 aliphatic rings. The maximum atomic E-state index is 4.63. The molecule has 0 bridgehead atoms. The van der Waals surface area contributed by atoms with Gasteiger partial charge < -0.3 is 4.57 Å². The van der Waals surface area contributed by atoms with Gasteiger partial charge in [-0.2, -0.15) is 0 Å². The summed E-state index contributed by atoms with van der Waals surface area (Å²) in [4.78, 5) is 13.1. The summed E-state index contributed by atoms with van der Waals surface area (Å²) in [5, 5.41) is 1.05. The molecule has 5 heteroatoms. The van der Waals surface area contributed by atoms with Gasteiger partial charge in [-0.15, -0.1) is 0 Å². The topological polar surface area (TPSA) is 43.1 Å². The van der Waals surface area contributed by atoms with Crippen LogP contribution in [0.3, 0.4) is 0 Å². The number of benzene rings is 2. The Morgan fingerprint density at radius 1 is 1.04 bits per heavy atom. The lowest BCUT2D eigenvalue weighted by atomic mass is 10.2. The lowest BCUT2D eigenvalue weighted by Gasteiger charge is -2.06. The van der Waals surface area contributed by atoms with Crippen LogP contribution in [0.15, 0.2) is 82.9 Å². The van der Waals surface area contributed by atoms with E-state index in [9.17, 15) is 0 Å². The first-order valence-electron chi connectivity index (χ1n) is 7.47. The van der Waals surface area contributed by atoms with E-state index in [1.54, 1.807) is 18.7 Å². The Morgan fingerprint density at radius 3 is 2.83 bits per heavy atom. The smallest absolute Gasteiger partial charge is 0.0992 e. The van der Waals surface area contributed by atoms with Gasteiger partial charge in [0.1, 0.15) is 0 Å². The van der Waals surface area contributed by atoms with Crippen molar-refractivity contribution >= 4 is 38.7 Å². The van der Waals surface area contributed by atoms with Gasteiger partial charge in [-0.25, -0.2) is 4.98 Å². The number of fused-ring (bicyclic) bond motifs is 1. The number of imidazole rings is 1. The van der Waals surface area contributed by atoms with E-state index in [4.69, 9.17) is 0 Å². The molecule has 2 aromatic carbocycles. The van der Waals surface area contributed by atoms with Crippen LogP contribution >= 0.6 is 15.9 Å². The third-order valence-corrected chi connectivity index (χ3v) is 4.36. The molecule has 4 rings (SSSR count). The number of halogens is 1. The second-order valence-electron chi connectivity index (χ2n) is 5.29. The summed E-state index contributed by atoms with van der Waals surface area (Å²) in [6.07, 6.45) is 9.11. The zero-order valence-electron chi connectivity index (χ0n) is 12.7. The predicted octanol–water partition coefficient (Wildman–Crippen LogP) is 4.93. The molecule has 0 spiro atoms. The largest absolute Gasteiger partial charge is 0.305 e. The van der Waals surface area contributed by atoms with Crippen molar-refractivity contribution < 1.29 is 0 Å². The molecule has 2 heterocycles. The molecule has 0 aliphatic carbocycles. The number of nitrogens with zero attached hydrogens (tertiary/aromatic N) is 4. The highest BCUT2D eigenvalue weighted by molar-refractivity contribution is 9.10. The third-order valence-electron chi connectivity index (χ3n) is 3.73. The molecule has 116 valence electrons. The first kappa shape index (κ1) is 14.8. The highest BCUT2D eigenvalue weighted by atomic mass is 79.9. The Balaban J connectivity index is 1.67. The normalized spacial score (nSPS) is 11.4. The van der Waals surface area contributed by atoms with E-state index in [0.29, 0.717) is 0 Å². The molecule has 0 N–H and O–H groups in total. The van der Waals surface area contributed by atoms with E-state index >= 15 is 0 Å². The van der Waals surface area contributed by atoms with Gasteiger partial charge in [0.05, 0.1) is 23.2 Å². The molecule has 0 atom stereocenters. The van der Waals surface area contributed by atoms with Crippen LogP contribution in [0.4, 0.5) is 5.69 Å². The molecule has 0 unspecified atom stereocenters. The van der Waals surface area contributed by atoms with Crippen molar-refractivity contribution in [1.82, 2.24) is 14.5 Å². The van der Waals surface area contributed by atoms with E-state index < -0.39 is 0 Å². The van der Waals surface area contributed by atoms with E-state index in [1.807, 2.05) is 65.5 Å². The second-order valence-corrected chi connectivity index (χ2v) is 6.14. The first-order chi connectivity index (χ1) is 11.8. The van der Waals surface area contributed by atoms with Crippen LogP contribution in [0, 0.1) is 0 Å². The summed E-state index contributed by atoms with van der Waals surface area (Å²) < 4.78 is 2.95. The lowest BCUT2D eigenvalue weighted by Crippen LogP contribution is -1.92. The molecular formula is C19H13BrN4. The number of rotatable bonds is 3. The number of aliphatic imine (C=N–C) groups is 1. The molecule has 4 nitrogen and oxygen atoms in total. The van der Waals surface area contributed by atoms with Gasteiger partial charge in [-0.05, 0) is 57.9 Å². The van der Waals surface area contributed by atoms with Gasteiger partial charge in [0.2, 0.25) is 0 Å². The molecule has 24 heavy (non-hydrogen) atoms. The first-order valence-corrected chi connectivity index (χ1v) is 8.26. The molecule has 0 fully saturated rings. The van der Waals surface area contributed by atoms with Crippen molar-refractivity contribution in [2.45, 2.75) is 0 Å². The van der Waals surface area contributed by atoms with Crippen LogP contribution in [-0.4, -0.2) is 20.7 Å². The van der Waals surface area contributed by atoms with Crippen molar-refractivity contribution in [3.63, 3.8) is 0 Å². The third kappa shape index (κ3) is 2.86. The van der Waals surface area contributed by atoms with Crippen LogP contribution in [0.2, 0.25) is 0 Å². The van der Waals surface area contributed by atoms with E-state index in [1.165, 1.54) is 0 Å². The van der Waals surface area contributed by atoms with Gasteiger partial charge in [-0.3, -0.25) is 9.98 Å². The van der Waals surface area contributed by atoms with Crippen molar-refractivity contribution in [2.75, 3.05) is 0 Å². The average Bonchev–Trinajstić information content (AvgIpc) is 3.14. The average molecular weight is 377 g/mol. The van der Waals surface area contributed by atoms with Crippen LogP contribution in [0.1, 0.15) is 5.56 Å². The Labute approximate surface area is 147 Å². The molecule has 0 radical (unpaired) electrons. The van der Waals surface area contributed by atoms with Gasteiger partial charge in [0, 0.05) is 34.7 Å². The van der Waals surface area contributed by atoms with Crippen molar-refractivity contribution in [2.24, 2.45) is 4.99 Å². The maximum Gasteiger partial charge on any atom is 0.0992 e. The van der Waals surface area contributed by atoms with Gasteiger partial charge in [-0.1, -0.05) is 12.1 Å². The van der Waals surface area contributed by atoms with Crippen LogP contribution in [0.5, 0.6) is 0 Å². The standard InChI is InChI=1S/C19H13BrN4/c20-16-11-14(6-7-19(16)24-10-9-21-13-24)12-23-18-5-1-4-17-15(18)3-2-8-22-17/h1-13H. The van der Waals surface area contributed by atoms with Crippen molar-refractivity contribution in [1.29, 1.82) is 0 Å². The summed E-state index contributed by atoms with van der Waals surface area (Å²) >= 11 is 3.61. The summed E-state index contributed by atoms with van der Waals surface area (Å²) in [6.45, 7) is 0. The van der Waals surface area contributed by atoms with Crippen molar-refractivity contribution in [3.8, 4) is 5.69 Å². The Morgan fingerprint density at radius 2 is 2.00 bits per heavy atom. The van der Waals surface area contributed by atoms with Gasteiger partial charge >= 0.3 is 0 Å². The fourth-order valence-corrected chi connectivity index (χ4v) is 3.16. The van der Waals surface area contributed by atoms with Gasteiger partial charge in [0.25, 0.3) is 0 Å². The highest BCUT2D eigenvalue weighted by Gasteiger charge is 2.03. The summed E-state index contributed by atoms with van der Waals surface area (Å²) in [5.41, 5.74) is 3.92. The summed E-state index contributed by atoms with van der Waals surface area (Å²) in [5.74, 6) is 0. The number of hydrogen-bond donors (Lipinski definition) is 0. The summed E-state index contributed by atoms with van der Waals surface area (Å²) in [6, 6.07) is 16.0. The van der Waals surface area contributed by atoms with Gasteiger partial charge in [0.15, 0.2) is 0 Å². The molecule has 4 aromatic rings. The molecule has 0 saturated carbocycles. The minimum Gasteiger partial charge on any atom is -0.305 e. The monoisotopic (exact) mass is 376 g/mol. The second kappa shape index (κ2) is 6.37. The van der Waals surface area contributed by atoms with E-state index in [2.05, 4.69) is 30.9 Å². The molecular weight excluding hydrogens is 364 g/mol. The zero-order valence-corrected chi connectivity index (χ0v) is 14.3. The molecule has 0 saturated heterocycles. The van der Waals surface area contributed by atoms with Crippen LogP contribution < -0.4 is 0 Å². The van der Waals surface area contributed by atoms with E-state index in [-0.39, 0.29) is 0 Å². The molecule has 0 amide bonds. The van der Waals surface area contributed by atoms with Crippen LogP contribution in [0.25, 0.3) is 16.6 Å². The van der Waals surface area contributed by atoms with Crippen LogP contribution in [-0.2, 0) is 0 Å². The fourth-order valence-electron chi connectivity index (χ4n) is 2.56. The minimum atomic E-state index is 0.912. The maximum absolute atomic E-state index is 4.63. The lowest BCUT2D eigenvalue weighted by molar-refractivity contribution is 1.05. The van der Waals surface area contributed by atoms with Crippen molar-refractivity contribution in [3.05, 3.63) is 83.5 Å². The highest BCUT2D eigenvalue weighted by Crippen LogP contribution is 2.25. The minimum absolute atomic E-state index is 0.912.